The van der Waals surface area contributed by atoms with Crippen LogP contribution in [-0.4, -0.2) is 55.6 Å². The molecule has 0 aromatic rings. The van der Waals surface area contributed by atoms with Crippen LogP contribution in [0.15, 0.2) is 0 Å². The second-order valence-corrected chi connectivity index (χ2v) is 2.55. The number of carboxylic acids is 3. The summed E-state index contributed by atoms with van der Waals surface area (Å²) in [6, 6.07) is 0. The van der Waals surface area contributed by atoms with Crippen molar-refractivity contribution >= 4 is 17.9 Å². The van der Waals surface area contributed by atoms with E-state index in [4.69, 9.17) is 30.3 Å². The predicted octanol–water partition coefficient (Wildman–Crippen LogP) is -1.01. The molecule has 5 N–H and O–H groups in total. The van der Waals surface area contributed by atoms with E-state index in [-0.39, 0.29) is 0 Å². The molecule has 0 fully saturated rings. The average Bonchev–Trinajstić information content (AvgIpc) is 2.03. The third-order valence-corrected chi connectivity index (χ3v) is 0.715. The van der Waals surface area contributed by atoms with Gasteiger partial charge in [-0.1, -0.05) is 0 Å². The van der Waals surface area contributed by atoms with Gasteiger partial charge in [-0.2, -0.15) is 0 Å². The number of hydrogen-bond acceptors (Lipinski definition) is 5. The van der Waals surface area contributed by atoms with Gasteiger partial charge in [0.15, 0.2) is 0 Å². The third kappa shape index (κ3) is 39.5. The molecule has 0 spiro atoms. The second-order valence-electron chi connectivity index (χ2n) is 2.55. The van der Waals surface area contributed by atoms with E-state index >= 15 is 0 Å². The van der Waals surface area contributed by atoms with Crippen LogP contribution in [0.4, 0.5) is 0 Å². The maximum Gasteiger partial charge on any atom is 0.332 e. The van der Waals surface area contributed by atoms with E-state index in [2.05, 4.69) is 0 Å². The van der Waals surface area contributed by atoms with Gasteiger partial charge in [0, 0.05) is 6.92 Å². The minimum atomic E-state index is -1.23. The van der Waals surface area contributed by atoms with Crippen LogP contribution < -0.4 is 0 Å². The summed E-state index contributed by atoms with van der Waals surface area (Å²) < 4.78 is 0. The zero-order valence-electron chi connectivity index (χ0n) is 9.12. The fourth-order valence-electron chi connectivity index (χ4n) is 0. The summed E-state index contributed by atoms with van der Waals surface area (Å²) in [5.41, 5.74) is 0. The van der Waals surface area contributed by atoms with Gasteiger partial charge in [0.2, 0.25) is 0 Å². The molecule has 0 radical (unpaired) electrons. The minimum absolute atomic E-state index is 0.833. The summed E-state index contributed by atoms with van der Waals surface area (Å²) in [6.45, 7) is 3.48. The van der Waals surface area contributed by atoms with Crippen molar-refractivity contribution in [3.8, 4) is 0 Å². The van der Waals surface area contributed by atoms with Crippen LogP contribution in [-0.2, 0) is 14.4 Å². The Morgan fingerprint density at radius 2 is 0.875 bits per heavy atom. The Kier molecular flexibility index (Phi) is 14.1. The summed E-state index contributed by atoms with van der Waals surface area (Å²) in [5.74, 6) is -3.20. The first-order valence-electron chi connectivity index (χ1n) is 4.03. The number of aliphatic hydroxyl groups excluding tert-OH is 2. The highest BCUT2D eigenvalue weighted by Gasteiger charge is 2.01. The lowest BCUT2D eigenvalue weighted by Gasteiger charge is -1.89. The van der Waals surface area contributed by atoms with E-state index < -0.39 is 30.1 Å². The van der Waals surface area contributed by atoms with Gasteiger partial charge in [0.05, 0.1) is 0 Å². The molecule has 0 aliphatic rings. The van der Waals surface area contributed by atoms with Crippen LogP contribution in [0.5, 0.6) is 0 Å². The van der Waals surface area contributed by atoms with Crippen LogP contribution in [0.2, 0.25) is 0 Å². The van der Waals surface area contributed by atoms with Crippen LogP contribution in [0.25, 0.3) is 0 Å². The molecule has 0 aliphatic carbocycles. The minimum Gasteiger partial charge on any atom is -0.481 e. The van der Waals surface area contributed by atoms with E-state index in [0.29, 0.717) is 0 Å². The molecule has 0 heterocycles. The van der Waals surface area contributed by atoms with Crippen molar-refractivity contribution in [1.29, 1.82) is 0 Å². The highest BCUT2D eigenvalue weighted by molar-refractivity contribution is 5.71. The number of rotatable bonds is 2. The molecule has 2 atom stereocenters. The summed E-state index contributed by atoms with van der Waals surface area (Å²) in [6.07, 6.45) is -2.46. The van der Waals surface area contributed by atoms with Crippen molar-refractivity contribution < 1.29 is 39.9 Å². The Bertz CT molecular complexity index is 198. The fraction of sp³-hybridized carbons (Fsp3) is 0.625. The van der Waals surface area contributed by atoms with E-state index in [1.54, 1.807) is 0 Å². The van der Waals surface area contributed by atoms with Gasteiger partial charge >= 0.3 is 11.9 Å². The van der Waals surface area contributed by atoms with Crippen molar-refractivity contribution in [3.63, 3.8) is 0 Å². The van der Waals surface area contributed by atoms with E-state index in [1.807, 2.05) is 0 Å². The summed E-state index contributed by atoms with van der Waals surface area (Å²) >= 11 is 0. The standard InChI is InChI=1S/2C3H6O3.C2H4O2/c2*1-2(4)3(5)6;1-2(3)4/h2*2,4H,1H3,(H,5,6);1H3,(H,3,4). The van der Waals surface area contributed by atoms with Gasteiger partial charge in [0.1, 0.15) is 12.2 Å². The topological polar surface area (TPSA) is 152 Å². The molecule has 0 aromatic heterocycles. The Balaban J connectivity index is -0.000000162. The molecular weight excluding hydrogens is 224 g/mol. The highest BCUT2D eigenvalue weighted by atomic mass is 16.4. The largest absolute Gasteiger partial charge is 0.481 e. The number of aliphatic hydroxyl groups is 2. The Labute approximate surface area is 91.8 Å². The smallest absolute Gasteiger partial charge is 0.332 e. The van der Waals surface area contributed by atoms with Gasteiger partial charge in [-0.25, -0.2) is 9.59 Å². The van der Waals surface area contributed by atoms with Crippen LogP contribution in [0.3, 0.4) is 0 Å². The molecule has 8 nitrogen and oxygen atoms in total. The summed E-state index contributed by atoms with van der Waals surface area (Å²) in [5, 5.41) is 39.0. The molecule has 8 heteroatoms. The number of carboxylic acid groups (broad SMARTS) is 3. The molecule has 0 saturated heterocycles. The molecule has 96 valence electrons. The number of aliphatic carboxylic acids is 3. The van der Waals surface area contributed by atoms with E-state index in [1.165, 1.54) is 13.8 Å². The molecule has 0 rings (SSSR count). The lowest BCUT2D eigenvalue weighted by molar-refractivity contribution is -0.146. The highest BCUT2D eigenvalue weighted by Crippen LogP contribution is 1.73. The molecule has 0 aliphatic heterocycles. The number of carbonyl (C=O) groups is 3. The fourth-order valence-corrected chi connectivity index (χ4v) is 0. The molecule has 16 heavy (non-hydrogen) atoms. The van der Waals surface area contributed by atoms with E-state index in [0.717, 1.165) is 6.92 Å². The van der Waals surface area contributed by atoms with Gasteiger partial charge in [-0.05, 0) is 13.8 Å². The summed E-state index contributed by atoms with van der Waals surface area (Å²) in [7, 11) is 0. The van der Waals surface area contributed by atoms with Crippen molar-refractivity contribution in [2.24, 2.45) is 0 Å². The second kappa shape index (κ2) is 11.4. The lowest BCUT2D eigenvalue weighted by Crippen LogP contribution is -2.13. The van der Waals surface area contributed by atoms with Crippen LogP contribution in [0, 0.1) is 0 Å². The molecule has 0 bridgehead atoms. The number of hydrogen-bond donors (Lipinski definition) is 5. The maximum atomic E-state index is 9.45. The molecule has 0 aromatic carbocycles. The first-order valence-corrected chi connectivity index (χ1v) is 4.03. The molecular formula is C8H16O8. The Hall–Kier alpha value is -1.67. The predicted molar refractivity (Wildman–Crippen MR) is 51.9 cm³/mol. The SMILES string of the molecule is CC(=O)O.CC(O)C(=O)O.CC(O)C(=O)O. The van der Waals surface area contributed by atoms with Gasteiger partial charge in [-0.15, -0.1) is 0 Å². The molecule has 0 saturated carbocycles. The van der Waals surface area contributed by atoms with Gasteiger partial charge < -0.3 is 25.5 Å². The van der Waals surface area contributed by atoms with Crippen molar-refractivity contribution in [1.82, 2.24) is 0 Å². The maximum absolute atomic E-state index is 9.45. The third-order valence-electron chi connectivity index (χ3n) is 0.715. The Morgan fingerprint density at radius 1 is 0.812 bits per heavy atom. The van der Waals surface area contributed by atoms with Gasteiger partial charge in [-0.3, -0.25) is 4.79 Å². The monoisotopic (exact) mass is 240 g/mol. The lowest BCUT2D eigenvalue weighted by atomic mass is 10.4. The quantitative estimate of drug-likeness (QED) is 0.411. The Morgan fingerprint density at radius 3 is 0.875 bits per heavy atom. The first-order chi connectivity index (χ1) is 7.02. The zero-order valence-corrected chi connectivity index (χ0v) is 9.12. The zero-order chi connectivity index (χ0) is 13.9. The van der Waals surface area contributed by atoms with Crippen molar-refractivity contribution in [2.45, 2.75) is 33.0 Å². The normalized spacial score (nSPS) is 11.8. The first kappa shape index (κ1) is 19.8. The van der Waals surface area contributed by atoms with Crippen LogP contribution >= 0.6 is 0 Å². The van der Waals surface area contributed by atoms with Crippen molar-refractivity contribution in [3.05, 3.63) is 0 Å². The van der Waals surface area contributed by atoms with Gasteiger partial charge in [0.25, 0.3) is 5.97 Å². The van der Waals surface area contributed by atoms with Crippen molar-refractivity contribution in [2.75, 3.05) is 0 Å². The summed E-state index contributed by atoms with van der Waals surface area (Å²) in [4.78, 5) is 27.9. The van der Waals surface area contributed by atoms with Crippen LogP contribution in [0.1, 0.15) is 20.8 Å². The average molecular weight is 240 g/mol. The molecule has 0 amide bonds. The van der Waals surface area contributed by atoms with E-state index in [9.17, 15) is 9.59 Å². The molecule has 2 unspecified atom stereocenters.